The first kappa shape index (κ1) is 24.9. The maximum atomic E-state index is 12.9. The zero-order valence-corrected chi connectivity index (χ0v) is 22.1. The van der Waals surface area contributed by atoms with Crippen LogP contribution in [-0.4, -0.2) is 46.9 Å². The van der Waals surface area contributed by atoms with Crippen LogP contribution in [0.1, 0.15) is 29.5 Å². The first-order chi connectivity index (χ1) is 16.3. The Morgan fingerprint density at radius 1 is 1.32 bits per heavy atom. The lowest BCUT2D eigenvalue weighted by Gasteiger charge is -2.18. The number of rotatable bonds is 7. The van der Waals surface area contributed by atoms with Gasteiger partial charge in [-0.3, -0.25) is 14.5 Å². The number of ether oxygens (including phenoxy) is 2. The van der Waals surface area contributed by atoms with Crippen molar-refractivity contribution in [2.45, 2.75) is 32.8 Å². The molecule has 2 aromatic rings. The molecule has 2 aliphatic heterocycles. The molecule has 0 bridgehead atoms. The molecule has 2 amide bonds. The van der Waals surface area contributed by atoms with Crippen LogP contribution in [0, 0.1) is 13.8 Å². The number of halogens is 1. The highest BCUT2D eigenvalue weighted by Crippen LogP contribution is 2.34. The topological polar surface area (TPSA) is 67.9 Å². The zero-order valence-electron chi connectivity index (χ0n) is 18.9. The standard InChI is InChI=1S/C25H25BrN2O4S2/c1-15-9-18(26)10-16(2)23(15)27-22(29)14-32-19-6-3-5-17(11-19)12-21-24(30)28(25(33)34-21)13-20-7-4-8-31-20/h3,5-6,9-12,20H,4,7-8,13-14H2,1-2H3,(H,27,29)/b21-12-/t20-/m0/s1. The van der Waals surface area contributed by atoms with Crippen LogP contribution >= 0.6 is 39.9 Å². The molecule has 0 aromatic heterocycles. The number of nitrogens with one attached hydrogen (secondary N) is 1. The van der Waals surface area contributed by atoms with Crippen LogP contribution in [0.25, 0.3) is 6.08 Å². The maximum absolute atomic E-state index is 12.9. The van der Waals surface area contributed by atoms with Crippen molar-refractivity contribution in [3.63, 3.8) is 0 Å². The molecule has 0 saturated carbocycles. The third-order valence-electron chi connectivity index (χ3n) is 5.57. The minimum absolute atomic E-state index is 0.0507. The summed E-state index contributed by atoms with van der Waals surface area (Å²) < 4.78 is 12.9. The lowest BCUT2D eigenvalue weighted by Crippen LogP contribution is -2.35. The van der Waals surface area contributed by atoms with Crippen LogP contribution in [-0.2, 0) is 14.3 Å². The molecule has 2 heterocycles. The van der Waals surface area contributed by atoms with Gasteiger partial charge in [0.1, 0.15) is 10.1 Å². The largest absolute Gasteiger partial charge is 0.484 e. The summed E-state index contributed by atoms with van der Waals surface area (Å²) in [7, 11) is 0. The summed E-state index contributed by atoms with van der Waals surface area (Å²) in [5, 5.41) is 2.92. The van der Waals surface area contributed by atoms with Gasteiger partial charge in [-0.05, 0) is 73.7 Å². The number of thioether (sulfide) groups is 1. The molecular formula is C25H25BrN2O4S2. The number of amides is 2. The number of benzene rings is 2. The number of thiocarbonyl (C=S) groups is 1. The van der Waals surface area contributed by atoms with Crippen molar-refractivity contribution in [2.75, 3.05) is 25.1 Å². The number of hydrogen-bond acceptors (Lipinski definition) is 6. The summed E-state index contributed by atoms with van der Waals surface area (Å²) in [6.45, 7) is 5.00. The Kier molecular flexibility index (Phi) is 8.08. The van der Waals surface area contributed by atoms with Gasteiger partial charge in [0.05, 0.1) is 17.6 Å². The molecule has 1 N–H and O–H groups in total. The van der Waals surface area contributed by atoms with Crippen LogP contribution in [0.15, 0.2) is 45.8 Å². The average molecular weight is 562 g/mol. The number of anilines is 1. The Bertz CT molecular complexity index is 1140. The van der Waals surface area contributed by atoms with Gasteiger partial charge in [0, 0.05) is 16.8 Å². The van der Waals surface area contributed by atoms with Crippen LogP contribution < -0.4 is 10.1 Å². The van der Waals surface area contributed by atoms with E-state index in [2.05, 4.69) is 21.2 Å². The molecule has 0 spiro atoms. The second-order valence-corrected chi connectivity index (χ2v) is 10.8. The lowest BCUT2D eigenvalue weighted by atomic mass is 10.1. The van der Waals surface area contributed by atoms with Crippen molar-refractivity contribution >= 4 is 67.8 Å². The SMILES string of the molecule is Cc1cc(Br)cc(C)c1NC(=O)COc1cccc(/C=C2\SC(=S)N(C[C@@H]3CCCO3)C2=O)c1. The molecule has 2 saturated heterocycles. The van der Waals surface area contributed by atoms with Gasteiger partial charge < -0.3 is 14.8 Å². The van der Waals surface area contributed by atoms with Gasteiger partial charge in [0.25, 0.3) is 11.8 Å². The van der Waals surface area contributed by atoms with E-state index in [0.717, 1.165) is 46.3 Å². The first-order valence-corrected chi connectivity index (χ1v) is 13.0. The predicted molar refractivity (Wildman–Crippen MR) is 143 cm³/mol. The maximum Gasteiger partial charge on any atom is 0.266 e. The Morgan fingerprint density at radius 3 is 2.79 bits per heavy atom. The highest BCUT2D eigenvalue weighted by Gasteiger charge is 2.34. The van der Waals surface area contributed by atoms with Gasteiger partial charge in [-0.2, -0.15) is 0 Å². The molecule has 34 heavy (non-hydrogen) atoms. The van der Waals surface area contributed by atoms with Crippen molar-refractivity contribution in [3.05, 3.63) is 62.5 Å². The van der Waals surface area contributed by atoms with Crippen molar-refractivity contribution in [3.8, 4) is 5.75 Å². The van der Waals surface area contributed by atoms with E-state index in [1.54, 1.807) is 23.1 Å². The number of nitrogens with zero attached hydrogens (tertiary/aromatic N) is 1. The van der Waals surface area contributed by atoms with E-state index in [0.29, 0.717) is 21.5 Å². The van der Waals surface area contributed by atoms with Crippen LogP contribution in [0.4, 0.5) is 5.69 Å². The number of hydrogen-bond donors (Lipinski definition) is 1. The highest BCUT2D eigenvalue weighted by molar-refractivity contribution is 9.10. The average Bonchev–Trinajstić information content (AvgIpc) is 3.39. The summed E-state index contributed by atoms with van der Waals surface area (Å²) >= 11 is 10.2. The normalized spacial score (nSPS) is 19.2. The zero-order chi connectivity index (χ0) is 24.2. The molecule has 2 fully saturated rings. The van der Waals surface area contributed by atoms with Crippen LogP contribution in [0.3, 0.4) is 0 Å². The van der Waals surface area contributed by atoms with E-state index in [-0.39, 0.29) is 24.5 Å². The Balaban J connectivity index is 1.37. The van der Waals surface area contributed by atoms with Crippen LogP contribution in [0.2, 0.25) is 0 Å². The van der Waals surface area contributed by atoms with Crippen molar-refractivity contribution < 1.29 is 19.1 Å². The third-order valence-corrected chi connectivity index (χ3v) is 7.41. The first-order valence-electron chi connectivity index (χ1n) is 11.0. The third kappa shape index (κ3) is 6.07. The number of carbonyl (C=O) groups excluding carboxylic acids is 2. The van der Waals surface area contributed by atoms with Gasteiger partial charge in [-0.25, -0.2) is 0 Å². The van der Waals surface area contributed by atoms with E-state index < -0.39 is 0 Å². The summed E-state index contributed by atoms with van der Waals surface area (Å²) in [5.74, 6) is 0.202. The highest BCUT2D eigenvalue weighted by atomic mass is 79.9. The molecule has 9 heteroatoms. The summed E-state index contributed by atoms with van der Waals surface area (Å²) in [6.07, 6.45) is 3.82. The summed E-state index contributed by atoms with van der Waals surface area (Å²) in [4.78, 5) is 27.5. The fourth-order valence-electron chi connectivity index (χ4n) is 3.93. The Labute approximate surface area is 217 Å². The van der Waals surface area contributed by atoms with Crippen LogP contribution in [0.5, 0.6) is 5.75 Å². The minimum Gasteiger partial charge on any atom is -0.484 e. The quantitative estimate of drug-likeness (QED) is 0.358. The van der Waals surface area contributed by atoms with Crippen molar-refractivity contribution in [1.82, 2.24) is 4.90 Å². The second-order valence-electron chi connectivity index (χ2n) is 8.25. The second kappa shape index (κ2) is 11.0. The molecule has 2 aliphatic rings. The fourth-order valence-corrected chi connectivity index (χ4v) is 5.89. The molecule has 6 nitrogen and oxygen atoms in total. The summed E-state index contributed by atoms with van der Waals surface area (Å²) in [6, 6.07) is 11.2. The van der Waals surface area contributed by atoms with Crippen molar-refractivity contribution in [2.24, 2.45) is 0 Å². The molecule has 2 aromatic carbocycles. The molecule has 0 aliphatic carbocycles. The number of carbonyl (C=O) groups is 2. The van der Waals surface area contributed by atoms with Gasteiger partial charge in [0.2, 0.25) is 0 Å². The molecular weight excluding hydrogens is 536 g/mol. The van der Waals surface area contributed by atoms with E-state index >= 15 is 0 Å². The van der Waals surface area contributed by atoms with Crippen molar-refractivity contribution in [1.29, 1.82) is 0 Å². The monoisotopic (exact) mass is 560 g/mol. The Morgan fingerprint density at radius 2 is 2.09 bits per heavy atom. The Hall–Kier alpha value is -2.20. The smallest absolute Gasteiger partial charge is 0.266 e. The molecule has 0 unspecified atom stereocenters. The van der Waals surface area contributed by atoms with E-state index in [1.165, 1.54) is 11.8 Å². The fraction of sp³-hybridized carbons (Fsp3) is 0.320. The van der Waals surface area contributed by atoms with Gasteiger partial charge >= 0.3 is 0 Å². The molecule has 4 rings (SSSR count). The number of aryl methyl sites for hydroxylation is 2. The minimum atomic E-state index is -0.242. The molecule has 0 radical (unpaired) electrons. The summed E-state index contributed by atoms with van der Waals surface area (Å²) in [5.41, 5.74) is 3.53. The van der Waals surface area contributed by atoms with E-state index in [9.17, 15) is 9.59 Å². The van der Waals surface area contributed by atoms with E-state index in [1.807, 2.05) is 38.1 Å². The molecule has 178 valence electrons. The van der Waals surface area contributed by atoms with Gasteiger partial charge in [-0.15, -0.1) is 0 Å². The van der Waals surface area contributed by atoms with Gasteiger partial charge in [-0.1, -0.05) is 52.0 Å². The molecule has 1 atom stereocenters. The lowest BCUT2D eigenvalue weighted by molar-refractivity contribution is -0.123. The van der Waals surface area contributed by atoms with Gasteiger partial charge in [0.15, 0.2) is 6.61 Å². The van der Waals surface area contributed by atoms with E-state index in [4.69, 9.17) is 21.7 Å². The predicted octanol–water partition coefficient (Wildman–Crippen LogP) is 5.46.